The predicted molar refractivity (Wildman–Crippen MR) is 69.8 cm³/mol. The van der Waals surface area contributed by atoms with E-state index in [2.05, 4.69) is 24.1 Å². The van der Waals surface area contributed by atoms with Gasteiger partial charge in [0.1, 0.15) is 0 Å². The van der Waals surface area contributed by atoms with Gasteiger partial charge in [-0.3, -0.25) is 9.78 Å². The lowest BCUT2D eigenvalue weighted by atomic mass is 9.95. The van der Waals surface area contributed by atoms with Crippen molar-refractivity contribution in [2.24, 2.45) is 0 Å². The van der Waals surface area contributed by atoms with Crippen molar-refractivity contribution in [1.29, 1.82) is 0 Å². The zero-order chi connectivity index (χ0) is 13.1. The first-order valence-electron chi connectivity index (χ1n) is 5.96. The molecule has 1 aromatic rings. The molecular weight excluding hydrogens is 214 g/mol. The Balaban J connectivity index is 2.90. The van der Waals surface area contributed by atoms with E-state index in [0.717, 1.165) is 18.5 Å². The van der Waals surface area contributed by atoms with E-state index in [4.69, 9.17) is 5.73 Å². The number of nitrogens with one attached hydrogen (secondary N) is 1. The number of aromatic nitrogens is 1. The van der Waals surface area contributed by atoms with Gasteiger partial charge in [-0.25, -0.2) is 0 Å². The molecule has 1 rings (SSSR count). The molecule has 3 N–H and O–H groups in total. The van der Waals surface area contributed by atoms with Crippen LogP contribution in [0.15, 0.2) is 12.3 Å². The molecule has 1 heterocycles. The number of rotatable bonds is 4. The molecule has 0 aromatic carbocycles. The topological polar surface area (TPSA) is 68.0 Å². The van der Waals surface area contributed by atoms with Gasteiger partial charge in [-0.05, 0) is 32.8 Å². The summed E-state index contributed by atoms with van der Waals surface area (Å²) in [5, 5.41) is 3.01. The van der Waals surface area contributed by atoms with Gasteiger partial charge < -0.3 is 11.1 Å². The van der Waals surface area contributed by atoms with Crippen LogP contribution in [0.1, 0.15) is 49.7 Å². The zero-order valence-electron chi connectivity index (χ0n) is 11.0. The molecule has 94 valence electrons. The first-order valence-corrected chi connectivity index (χ1v) is 5.96. The van der Waals surface area contributed by atoms with Gasteiger partial charge in [-0.15, -0.1) is 0 Å². The van der Waals surface area contributed by atoms with E-state index in [-0.39, 0.29) is 11.4 Å². The Morgan fingerprint density at radius 2 is 2.06 bits per heavy atom. The van der Waals surface area contributed by atoms with Gasteiger partial charge in [-0.2, -0.15) is 0 Å². The average Bonchev–Trinajstić information content (AvgIpc) is 2.28. The number of carbonyl (C=O) groups is 1. The lowest BCUT2D eigenvalue weighted by molar-refractivity contribution is 0.0901. The number of nitrogen functional groups attached to an aromatic ring is 1. The van der Waals surface area contributed by atoms with Crippen LogP contribution in [-0.4, -0.2) is 16.4 Å². The molecule has 0 aliphatic carbocycles. The molecule has 1 aromatic heterocycles. The van der Waals surface area contributed by atoms with Crippen molar-refractivity contribution in [3.05, 3.63) is 23.5 Å². The SMILES string of the molecule is CCC(C)(CC)NC(=O)c1cnc(C)cc1N. The van der Waals surface area contributed by atoms with E-state index in [1.54, 1.807) is 6.07 Å². The van der Waals surface area contributed by atoms with Crippen LogP contribution in [0.4, 0.5) is 5.69 Å². The Bertz CT molecular complexity index is 411. The summed E-state index contributed by atoms with van der Waals surface area (Å²) in [4.78, 5) is 16.2. The van der Waals surface area contributed by atoms with E-state index < -0.39 is 0 Å². The molecule has 0 saturated carbocycles. The summed E-state index contributed by atoms with van der Waals surface area (Å²) in [7, 11) is 0. The van der Waals surface area contributed by atoms with Crippen molar-refractivity contribution in [3.63, 3.8) is 0 Å². The van der Waals surface area contributed by atoms with Crippen LogP contribution in [0.25, 0.3) is 0 Å². The van der Waals surface area contributed by atoms with Crippen LogP contribution >= 0.6 is 0 Å². The van der Waals surface area contributed by atoms with Gasteiger partial charge in [0.15, 0.2) is 0 Å². The Labute approximate surface area is 103 Å². The maximum absolute atomic E-state index is 12.1. The third-order valence-corrected chi connectivity index (χ3v) is 3.29. The average molecular weight is 235 g/mol. The quantitative estimate of drug-likeness (QED) is 0.841. The number of hydrogen-bond acceptors (Lipinski definition) is 3. The molecule has 4 nitrogen and oxygen atoms in total. The summed E-state index contributed by atoms with van der Waals surface area (Å²) in [6.07, 6.45) is 3.30. The number of aryl methyl sites for hydroxylation is 1. The number of nitrogens with zero attached hydrogens (tertiary/aromatic N) is 1. The van der Waals surface area contributed by atoms with Gasteiger partial charge in [0, 0.05) is 23.1 Å². The molecule has 0 aliphatic heterocycles. The van der Waals surface area contributed by atoms with Gasteiger partial charge in [0.2, 0.25) is 0 Å². The second kappa shape index (κ2) is 5.17. The molecule has 1 amide bonds. The van der Waals surface area contributed by atoms with E-state index in [1.165, 1.54) is 6.20 Å². The molecule has 0 spiro atoms. The lowest BCUT2D eigenvalue weighted by Gasteiger charge is -2.28. The summed E-state index contributed by atoms with van der Waals surface area (Å²) in [5.74, 6) is -0.152. The van der Waals surface area contributed by atoms with Crippen molar-refractivity contribution in [3.8, 4) is 0 Å². The molecule has 0 fully saturated rings. The van der Waals surface area contributed by atoms with Crippen molar-refractivity contribution < 1.29 is 4.79 Å². The number of anilines is 1. The first-order chi connectivity index (χ1) is 7.91. The van der Waals surface area contributed by atoms with Crippen molar-refractivity contribution in [1.82, 2.24) is 10.3 Å². The van der Waals surface area contributed by atoms with Crippen LogP contribution in [-0.2, 0) is 0 Å². The van der Waals surface area contributed by atoms with E-state index in [0.29, 0.717) is 11.3 Å². The van der Waals surface area contributed by atoms with Crippen LogP contribution in [0.5, 0.6) is 0 Å². The summed E-state index contributed by atoms with van der Waals surface area (Å²) in [5.41, 5.74) is 7.37. The third-order valence-electron chi connectivity index (χ3n) is 3.29. The molecular formula is C13H21N3O. The highest BCUT2D eigenvalue weighted by atomic mass is 16.1. The Morgan fingerprint density at radius 1 is 1.47 bits per heavy atom. The molecule has 0 aliphatic rings. The van der Waals surface area contributed by atoms with E-state index >= 15 is 0 Å². The molecule has 4 heteroatoms. The zero-order valence-corrected chi connectivity index (χ0v) is 11.0. The second-order valence-corrected chi connectivity index (χ2v) is 4.63. The molecule has 17 heavy (non-hydrogen) atoms. The summed E-state index contributed by atoms with van der Waals surface area (Å²) in [6, 6.07) is 1.71. The Morgan fingerprint density at radius 3 is 2.53 bits per heavy atom. The Hall–Kier alpha value is -1.58. The molecule has 0 radical (unpaired) electrons. The van der Waals surface area contributed by atoms with E-state index in [9.17, 15) is 4.79 Å². The number of amides is 1. The van der Waals surface area contributed by atoms with Gasteiger partial charge >= 0.3 is 0 Å². The molecule has 0 unspecified atom stereocenters. The maximum Gasteiger partial charge on any atom is 0.255 e. The van der Waals surface area contributed by atoms with Gasteiger partial charge in [-0.1, -0.05) is 13.8 Å². The number of nitrogens with two attached hydrogens (primary N) is 1. The van der Waals surface area contributed by atoms with Crippen molar-refractivity contribution in [2.75, 3.05) is 5.73 Å². The largest absolute Gasteiger partial charge is 0.398 e. The first kappa shape index (κ1) is 13.5. The van der Waals surface area contributed by atoms with Crippen molar-refractivity contribution in [2.45, 2.75) is 46.1 Å². The molecule has 0 bridgehead atoms. The predicted octanol–water partition coefficient (Wildman–Crippen LogP) is 2.28. The fourth-order valence-corrected chi connectivity index (χ4v) is 1.54. The molecule has 0 atom stereocenters. The number of hydrogen-bond donors (Lipinski definition) is 2. The van der Waals surface area contributed by atoms with Crippen LogP contribution in [0.3, 0.4) is 0 Å². The highest BCUT2D eigenvalue weighted by Crippen LogP contribution is 2.17. The summed E-state index contributed by atoms with van der Waals surface area (Å²) >= 11 is 0. The minimum absolute atomic E-state index is 0.152. The van der Waals surface area contributed by atoms with Crippen molar-refractivity contribution >= 4 is 11.6 Å². The normalized spacial score (nSPS) is 11.3. The smallest absolute Gasteiger partial charge is 0.255 e. The van der Waals surface area contributed by atoms with Crippen LogP contribution < -0.4 is 11.1 Å². The van der Waals surface area contributed by atoms with Crippen LogP contribution in [0.2, 0.25) is 0 Å². The molecule has 0 saturated heterocycles. The second-order valence-electron chi connectivity index (χ2n) is 4.63. The number of carbonyl (C=O) groups excluding carboxylic acids is 1. The fourth-order valence-electron chi connectivity index (χ4n) is 1.54. The Kier molecular flexibility index (Phi) is 4.10. The minimum atomic E-state index is -0.186. The summed E-state index contributed by atoms with van der Waals surface area (Å²) < 4.78 is 0. The monoisotopic (exact) mass is 235 g/mol. The highest BCUT2D eigenvalue weighted by Gasteiger charge is 2.23. The summed E-state index contributed by atoms with van der Waals surface area (Å²) in [6.45, 7) is 7.99. The lowest BCUT2D eigenvalue weighted by Crippen LogP contribution is -2.45. The number of pyridine rings is 1. The highest BCUT2D eigenvalue weighted by molar-refractivity contribution is 5.99. The third kappa shape index (κ3) is 3.19. The van der Waals surface area contributed by atoms with Gasteiger partial charge in [0.25, 0.3) is 5.91 Å². The standard InChI is InChI=1S/C13H21N3O/c1-5-13(4,6-2)16-12(17)10-8-15-9(3)7-11(10)14/h7-8H,5-6H2,1-4H3,(H2,14,15)(H,16,17). The minimum Gasteiger partial charge on any atom is -0.398 e. The van der Waals surface area contributed by atoms with E-state index in [1.807, 2.05) is 13.8 Å². The fraction of sp³-hybridized carbons (Fsp3) is 0.538. The maximum atomic E-state index is 12.1. The van der Waals surface area contributed by atoms with Crippen LogP contribution in [0, 0.1) is 6.92 Å². The van der Waals surface area contributed by atoms with Gasteiger partial charge in [0.05, 0.1) is 5.56 Å².